The first-order valence-electron chi connectivity index (χ1n) is 28.9. The Morgan fingerprint density at radius 2 is 1.59 bits per heavy atom. The van der Waals surface area contributed by atoms with Crippen molar-refractivity contribution in [1.29, 1.82) is 0 Å². The summed E-state index contributed by atoms with van der Waals surface area (Å²) in [7, 11) is 1.48. The molecule has 0 aromatic heterocycles. The van der Waals surface area contributed by atoms with E-state index in [0.29, 0.717) is 63.4 Å². The van der Waals surface area contributed by atoms with Crippen molar-refractivity contribution >= 4 is 35.4 Å². The van der Waals surface area contributed by atoms with Crippen LogP contribution in [-0.4, -0.2) is 188 Å². The molecule has 5 fully saturated rings. The molecule has 20 atom stereocenters. The van der Waals surface area contributed by atoms with Crippen LogP contribution < -0.4 is 26.2 Å². The Bertz CT molecular complexity index is 2210. The second-order valence-electron chi connectivity index (χ2n) is 24.0. The van der Waals surface area contributed by atoms with Gasteiger partial charge in [-0.05, 0) is 104 Å². The molecule has 80 heavy (non-hydrogen) atoms. The van der Waals surface area contributed by atoms with Crippen LogP contribution in [-0.2, 0) is 52.2 Å². The van der Waals surface area contributed by atoms with Crippen LogP contribution in [0.15, 0.2) is 18.2 Å². The molecule has 0 bridgehead atoms. The number of morpholine rings is 1. The average molecular weight is 1140 g/mol. The molecule has 5 heterocycles. The van der Waals surface area contributed by atoms with Gasteiger partial charge in [0.15, 0.2) is 18.7 Å². The third kappa shape index (κ3) is 15.8. The molecule has 3 amide bonds. The summed E-state index contributed by atoms with van der Waals surface area (Å²) in [5.74, 6) is -4.78. The Hall–Kier alpha value is -4.01. The van der Waals surface area contributed by atoms with Gasteiger partial charge >= 0.3 is 18.2 Å². The van der Waals surface area contributed by atoms with Crippen LogP contribution >= 0.6 is 0 Å². The fraction of sp³-hybridized carbons (Fsp3) is 0.825. The predicted molar refractivity (Wildman–Crippen MR) is 292 cm³/mol. The highest BCUT2D eigenvalue weighted by molar-refractivity contribution is 5.90. The van der Waals surface area contributed by atoms with Crippen molar-refractivity contribution in [2.45, 2.75) is 218 Å². The largest absolute Gasteiger partial charge is 0.459 e. The Kier molecular flexibility index (Phi) is 22.8. The smallest absolute Gasteiger partial charge is 0.414 e. The molecule has 0 saturated carbocycles. The minimum atomic E-state index is -1.92. The number of halogens is 1. The third-order valence-corrected chi connectivity index (χ3v) is 17.4. The number of hydrogen-bond donors (Lipinski definition) is 7. The van der Waals surface area contributed by atoms with Crippen molar-refractivity contribution in [3.8, 4) is 0 Å². The van der Waals surface area contributed by atoms with Crippen molar-refractivity contribution in [1.82, 2.24) is 10.6 Å². The molecule has 8 unspecified atom stereocenters. The van der Waals surface area contributed by atoms with E-state index in [0.717, 1.165) is 0 Å². The molecule has 456 valence electrons. The summed E-state index contributed by atoms with van der Waals surface area (Å²) in [6.07, 6.45) is -9.53. The van der Waals surface area contributed by atoms with Crippen LogP contribution in [0, 0.1) is 35.4 Å². The summed E-state index contributed by atoms with van der Waals surface area (Å²) in [6.45, 7) is 21.5. The second-order valence-corrected chi connectivity index (χ2v) is 24.0. The quantitative estimate of drug-likeness (QED) is 0.0634. The normalized spacial score (nSPS) is 39.6. The molecule has 6 rings (SSSR count). The van der Waals surface area contributed by atoms with Gasteiger partial charge in [0.05, 0.1) is 79.7 Å². The van der Waals surface area contributed by atoms with Gasteiger partial charge in [-0.3, -0.25) is 14.5 Å². The number of hydrogen-bond acceptors (Lipinski definition) is 19. The lowest BCUT2D eigenvalue weighted by atomic mass is 9.72. The van der Waals surface area contributed by atoms with Crippen molar-refractivity contribution in [2.24, 2.45) is 35.3 Å². The van der Waals surface area contributed by atoms with E-state index in [1.807, 2.05) is 25.7 Å². The number of benzene rings is 1. The number of aliphatic hydroxyl groups excluding tert-OH is 2. The van der Waals surface area contributed by atoms with E-state index in [4.69, 9.17) is 48.4 Å². The molecule has 1 aromatic carbocycles. The predicted octanol–water partition coefficient (Wildman–Crippen LogP) is 4.66. The zero-order valence-electron chi connectivity index (χ0n) is 49.1. The number of amides is 3. The van der Waals surface area contributed by atoms with E-state index in [1.165, 1.54) is 25.0 Å². The van der Waals surface area contributed by atoms with Crippen LogP contribution in [0.4, 0.5) is 25.4 Å². The van der Waals surface area contributed by atoms with Gasteiger partial charge in [0, 0.05) is 57.5 Å². The summed E-state index contributed by atoms with van der Waals surface area (Å²) in [4.78, 5) is 56.5. The van der Waals surface area contributed by atoms with Crippen LogP contribution in [0.1, 0.15) is 128 Å². The number of unbranched alkanes of at least 4 members (excludes halogenated alkanes) is 2. The van der Waals surface area contributed by atoms with Crippen LogP contribution in [0.5, 0.6) is 0 Å². The van der Waals surface area contributed by atoms with Gasteiger partial charge in [-0.1, -0.05) is 41.0 Å². The number of ether oxygens (including phenoxy) is 9. The number of nitrogens with zero attached hydrogens (tertiary/aromatic N) is 2. The Morgan fingerprint density at radius 1 is 0.887 bits per heavy atom. The lowest BCUT2D eigenvalue weighted by Gasteiger charge is -2.49. The highest BCUT2D eigenvalue weighted by atomic mass is 19.1. The van der Waals surface area contributed by atoms with Crippen molar-refractivity contribution in [3.63, 3.8) is 0 Å². The summed E-state index contributed by atoms with van der Waals surface area (Å²) < 4.78 is 70.1. The number of nitrogens with one attached hydrogen (secondary N) is 2. The Labute approximate surface area is 471 Å². The lowest BCUT2D eigenvalue weighted by Crippen LogP contribution is -2.61. The van der Waals surface area contributed by atoms with E-state index in [-0.39, 0.29) is 63.2 Å². The SMILES string of the molecule is CC[C@H]1OC(=O)[C@H](C)[C@@H](OC2CC(C)(OC)C(OC(=O)NCCCCCC(=O)NC[C@H]3CN(c4ccc(N5CCOCC5)c(F)c4)C(=O)O3)C(C)O2)[C@H](C)[C@@H](OC2OC(C)CC(C)C2O)[C@](C)(O)C[C@@H](C)[C@H](N)[C@H](C)[C@@H](O)[C@]1(C)O. The lowest BCUT2D eigenvalue weighted by molar-refractivity contribution is -0.317. The number of methoxy groups -OCH3 is 1. The number of aliphatic hydroxyl groups is 4. The average Bonchev–Trinajstić information content (AvgIpc) is 3.91. The maximum absolute atomic E-state index is 15.1. The fourth-order valence-electron chi connectivity index (χ4n) is 12.4. The number of carbonyl (C=O) groups is 4. The van der Waals surface area contributed by atoms with E-state index >= 15 is 4.39 Å². The minimum Gasteiger partial charge on any atom is -0.459 e. The number of alkyl carbamates (subject to hydrolysis) is 1. The van der Waals surface area contributed by atoms with Crippen LogP contribution in [0.2, 0.25) is 0 Å². The van der Waals surface area contributed by atoms with Gasteiger partial charge in [0.25, 0.3) is 0 Å². The monoisotopic (exact) mass is 1140 g/mol. The van der Waals surface area contributed by atoms with Gasteiger partial charge in [0.1, 0.15) is 35.3 Å². The highest BCUT2D eigenvalue weighted by Crippen LogP contribution is 2.42. The molecule has 1 aromatic rings. The van der Waals surface area contributed by atoms with E-state index in [1.54, 1.807) is 60.6 Å². The maximum atomic E-state index is 15.1. The number of carbonyl (C=O) groups excluding carboxylic acids is 4. The summed E-state index contributed by atoms with van der Waals surface area (Å²) in [5, 5.41) is 53.1. The van der Waals surface area contributed by atoms with Gasteiger partial charge < -0.3 is 84.3 Å². The number of esters is 1. The fourth-order valence-corrected chi connectivity index (χ4v) is 12.4. The van der Waals surface area contributed by atoms with E-state index in [2.05, 4.69) is 10.6 Å². The number of anilines is 2. The molecule has 23 heteroatoms. The molecule has 0 spiro atoms. The topological polar surface area (TPSA) is 289 Å². The third-order valence-electron chi connectivity index (χ3n) is 17.4. The standard InChI is InChI=1S/C57H94FN5O17/c1-13-42-57(11,71)48(66)34(5)45(59)32(3)27-55(9,70)49(79-52-46(65)31(2)25-33(4)74-52)35(6)47(36(7)51(67)77-42)78-44-28-56(10,72-12)50(37(8)75-44)80-53(68)60-20-16-14-15-17-43(64)61-29-39-30-63(54(69)76-39)38-18-19-41(40(58)26-38)62-21-23-73-24-22-62/h18-19,26,31-37,39,42,44-50,52,65-66,70-71H,13-17,20-25,27-30,59H2,1-12H3,(H,60,68)(H,61,64)/t31?,32-,33?,34+,35+,36-,37?,39+,42-,44?,45+,46?,47+,48-,49-,50?,52?,55-,56?,57-/m1/s1. The van der Waals surface area contributed by atoms with Gasteiger partial charge in [-0.25, -0.2) is 14.0 Å². The van der Waals surface area contributed by atoms with E-state index < -0.39 is 132 Å². The second kappa shape index (κ2) is 28.0. The molecule has 0 aliphatic carbocycles. The highest BCUT2D eigenvalue weighted by Gasteiger charge is 2.54. The van der Waals surface area contributed by atoms with Crippen molar-refractivity contribution in [2.75, 3.05) is 62.8 Å². The molecule has 0 radical (unpaired) electrons. The van der Waals surface area contributed by atoms with Gasteiger partial charge in [0.2, 0.25) is 5.91 Å². The number of rotatable bonds is 17. The van der Waals surface area contributed by atoms with Crippen molar-refractivity contribution in [3.05, 3.63) is 24.0 Å². The zero-order valence-corrected chi connectivity index (χ0v) is 49.1. The summed E-state index contributed by atoms with van der Waals surface area (Å²) >= 11 is 0. The molecule has 5 aliphatic rings. The first-order chi connectivity index (χ1) is 37.6. The zero-order chi connectivity index (χ0) is 59.0. The van der Waals surface area contributed by atoms with E-state index in [9.17, 15) is 39.6 Å². The molecule has 8 N–H and O–H groups in total. The van der Waals surface area contributed by atoms with Crippen LogP contribution in [0.25, 0.3) is 0 Å². The van der Waals surface area contributed by atoms with Crippen molar-refractivity contribution < 1.29 is 86.6 Å². The Morgan fingerprint density at radius 3 is 2.25 bits per heavy atom. The number of nitrogens with two attached hydrogens (primary N) is 1. The minimum absolute atomic E-state index is 0.00738. The Balaban J connectivity index is 1.04. The molecule has 5 aliphatic heterocycles. The first-order valence-corrected chi connectivity index (χ1v) is 28.9. The summed E-state index contributed by atoms with van der Waals surface area (Å²) in [6, 6.07) is 3.89. The molecular weight excluding hydrogens is 1050 g/mol. The van der Waals surface area contributed by atoms with Crippen LogP contribution in [0.3, 0.4) is 0 Å². The summed E-state index contributed by atoms with van der Waals surface area (Å²) in [5.41, 5.74) is 2.78. The molecule has 5 saturated heterocycles. The van der Waals surface area contributed by atoms with Gasteiger partial charge in [-0.15, -0.1) is 0 Å². The number of cyclic esters (lactones) is 2. The van der Waals surface area contributed by atoms with Gasteiger partial charge in [-0.2, -0.15) is 0 Å². The molecular formula is C57H94FN5O17. The molecule has 22 nitrogen and oxygen atoms in total. The first kappa shape index (κ1) is 65.1. The maximum Gasteiger partial charge on any atom is 0.414 e.